The summed E-state index contributed by atoms with van der Waals surface area (Å²) >= 11 is 0. The molecule has 1 aromatic carbocycles. The number of nitrogens with one attached hydrogen (secondary N) is 1. The molecule has 0 bridgehead atoms. The van der Waals surface area contributed by atoms with E-state index in [4.69, 9.17) is 0 Å². The van der Waals surface area contributed by atoms with Crippen LogP contribution in [0.3, 0.4) is 0 Å². The Morgan fingerprint density at radius 1 is 1.42 bits per heavy atom. The third-order valence-electron chi connectivity index (χ3n) is 3.15. The van der Waals surface area contributed by atoms with Crippen molar-refractivity contribution in [1.82, 2.24) is 10.2 Å². The number of rotatable bonds is 6. The van der Waals surface area contributed by atoms with Crippen molar-refractivity contribution in [2.75, 3.05) is 19.8 Å². The van der Waals surface area contributed by atoms with Crippen LogP contribution in [0.5, 0.6) is 5.75 Å². The minimum absolute atomic E-state index is 0.315. The molecule has 0 radical (unpaired) electrons. The average Bonchev–Trinajstić information content (AvgIpc) is 2.93. The standard InChI is InChI=1S/C15H21N3O/c1-2-14(13-6-3-4-7-15(13)19)17-8-5-10-18-11-9-16-12-18/h3-4,6-7,9,11,16,19H,2,5,8,10,12H2,1H3/b17-14-. The highest BCUT2D eigenvalue weighted by molar-refractivity contribution is 6.02. The Balaban J connectivity index is 1.88. The summed E-state index contributed by atoms with van der Waals surface area (Å²) in [6.07, 6.45) is 5.88. The molecule has 2 N–H and O–H groups in total. The maximum atomic E-state index is 9.83. The maximum absolute atomic E-state index is 9.83. The lowest BCUT2D eigenvalue weighted by Crippen LogP contribution is -2.22. The molecule has 0 aromatic heterocycles. The highest BCUT2D eigenvalue weighted by Crippen LogP contribution is 2.18. The first-order valence-electron chi connectivity index (χ1n) is 6.77. The van der Waals surface area contributed by atoms with Crippen molar-refractivity contribution >= 4 is 5.71 Å². The molecule has 0 spiro atoms. The first-order valence-corrected chi connectivity index (χ1v) is 6.77. The van der Waals surface area contributed by atoms with Crippen molar-refractivity contribution in [3.63, 3.8) is 0 Å². The van der Waals surface area contributed by atoms with Crippen molar-refractivity contribution in [3.05, 3.63) is 42.2 Å². The van der Waals surface area contributed by atoms with E-state index in [0.29, 0.717) is 5.75 Å². The van der Waals surface area contributed by atoms with E-state index in [1.165, 1.54) is 0 Å². The summed E-state index contributed by atoms with van der Waals surface area (Å²) in [4.78, 5) is 6.84. The van der Waals surface area contributed by atoms with E-state index >= 15 is 0 Å². The summed E-state index contributed by atoms with van der Waals surface area (Å²) in [6.45, 7) is 4.76. The van der Waals surface area contributed by atoms with Gasteiger partial charge >= 0.3 is 0 Å². The fourth-order valence-electron chi connectivity index (χ4n) is 2.13. The van der Waals surface area contributed by atoms with Crippen molar-refractivity contribution < 1.29 is 5.11 Å². The van der Waals surface area contributed by atoms with Crippen LogP contribution in [0.2, 0.25) is 0 Å². The van der Waals surface area contributed by atoms with Crippen molar-refractivity contribution in [2.45, 2.75) is 19.8 Å². The highest BCUT2D eigenvalue weighted by Gasteiger charge is 2.06. The molecule has 2 rings (SSSR count). The van der Waals surface area contributed by atoms with E-state index in [-0.39, 0.29) is 0 Å². The summed E-state index contributed by atoms with van der Waals surface area (Å²) < 4.78 is 0. The molecule has 1 heterocycles. The van der Waals surface area contributed by atoms with Gasteiger partial charge in [0.2, 0.25) is 0 Å². The second kappa shape index (κ2) is 6.83. The molecular weight excluding hydrogens is 238 g/mol. The van der Waals surface area contributed by atoms with Crippen LogP contribution in [0.1, 0.15) is 25.3 Å². The number of hydrogen-bond donors (Lipinski definition) is 2. The molecule has 1 aliphatic heterocycles. The number of phenolic OH excluding ortho intramolecular Hbond substituents is 1. The Morgan fingerprint density at radius 3 is 2.95 bits per heavy atom. The lowest BCUT2D eigenvalue weighted by atomic mass is 10.1. The van der Waals surface area contributed by atoms with Gasteiger partial charge in [0.25, 0.3) is 0 Å². The molecule has 1 aromatic rings. The van der Waals surface area contributed by atoms with E-state index in [9.17, 15) is 5.11 Å². The monoisotopic (exact) mass is 259 g/mol. The predicted molar refractivity (Wildman–Crippen MR) is 78.3 cm³/mol. The zero-order chi connectivity index (χ0) is 13.5. The van der Waals surface area contributed by atoms with E-state index in [1.54, 1.807) is 6.07 Å². The van der Waals surface area contributed by atoms with Gasteiger partial charge in [-0.3, -0.25) is 4.99 Å². The SMILES string of the molecule is CC/C(=N/CCCN1C=CNC1)c1ccccc1O. The summed E-state index contributed by atoms with van der Waals surface area (Å²) in [5, 5.41) is 13.0. The average molecular weight is 259 g/mol. The summed E-state index contributed by atoms with van der Waals surface area (Å²) in [5.74, 6) is 0.315. The van der Waals surface area contributed by atoms with Crippen molar-refractivity contribution in [1.29, 1.82) is 0 Å². The van der Waals surface area contributed by atoms with Crippen LogP contribution < -0.4 is 5.32 Å². The number of para-hydroxylation sites is 1. The zero-order valence-corrected chi connectivity index (χ0v) is 11.3. The quantitative estimate of drug-likeness (QED) is 0.609. The van der Waals surface area contributed by atoms with Gasteiger partial charge in [0, 0.05) is 36.8 Å². The molecule has 0 atom stereocenters. The molecular formula is C15H21N3O. The first kappa shape index (κ1) is 13.5. The number of benzene rings is 1. The maximum Gasteiger partial charge on any atom is 0.124 e. The molecule has 4 heteroatoms. The van der Waals surface area contributed by atoms with Crippen LogP contribution in [-0.4, -0.2) is 35.5 Å². The van der Waals surface area contributed by atoms with Gasteiger partial charge in [-0.05, 0) is 25.0 Å². The molecule has 1 aliphatic rings. The summed E-state index contributed by atoms with van der Waals surface area (Å²) in [6, 6.07) is 7.39. The van der Waals surface area contributed by atoms with Gasteiger partial charge in [-0.1, -0.05) is 19.1 Å². The molecule has 102 valence electrons. The van der Waals surface area contributed by atoms with E-state index in [1.807, 2.05) is 24.4 Å². The van der Waals surface area contributed by atoms with E-state index in [2.05, 4.69) is 28.3 Å². The number of hydrogen-bond acceptors (Lipinski definition) is 4. The first-order chi connectivity index (χ1) is 9.31. The molecule has 0 saturated heterocycles. The Morgan fingerprint density at radius 2 is 2.26 bits per heavy atom. The van der Waals surface area contributed by atoms with Crippen LogP contribution >= 0.6 is 0 Å². The normalized spacial score (nSPS) is 14.8. The predicted octanol–water partition coefficient (Wildman–Crippen LogP) is 2.32. The zero-order valence-electron chi connectivity index (χ0n) is 11.3. The Labute approximate surface area is 114 Å². The summed E-state index contributed by atoms with van der Waals surface area (Å²) in [7, 11) is 0. The van der Waals surface area contributed by atoms with Gasteiger partial charge < -0.3 is 15.3 Å². The second-order valence-corrected chi connectivity index (χ2v) is 4.54. The van der Waals surface area contributed by atoms with Crippen molar-refractivity contribution in [2.24, 2.45) is 4.99 Å². The molecule has 4 nitrogen and oxygen atoms in total. The molecule has 0 amide bonds. The van der Waals surface area contributed by atoms with Gasteiger partial charge in [0.05, 0.1) is 6.67 Å². The van der Waals surface area contributed by atoms with Crippen LogP contribution in [0.4, 0.5) is 0 Å². The van der Waals surface area contributed by atoms with Crippen LogP contribution in [0.25, 0.3) is 0 Å². The molecule has 0 unspecified atom stereocenters. The molecule has 0 fully saturated rings. The number of aliphatic imine (C=N–C) groups is 1. The fourth-order valence-corrected chi connectivity index (χ4v) is 2.13. The van der Waals surface area contributed by atoms with Crippen LogP contribution in [0.15, 0.2) is 41.7 Å². The third kappa shape index (κ3) is 3.74. The van der Waals surface area contributed by atoms with Crippen molar-refractivity contribution in [3.8, 4) is 5.75 Å². The van der Waals surface area contributed by atoms with Crippen LogP contribution in [-0.2, 0) is 0 Å². The van der Waals surface area contributed by atoms with Crippen LogP contribution in [0, 0.1) is 0 Å². The minimum atomic E-state index is 0.315. The number of phenols is 1. The smallest absolute Gasteiger partial charge is 0.124 e. The molecule has 19 heavy (non-hydrogen) atoms. The third-order valence-corrected chi connectivity index (χ3v) is 3.15. The topological polar surface area (TPSA) is 47.9 Å². The lowest BCUT2D eigenvalue weighted by molar-refractivity contribution is 0.387. The fraction of sp³-hybridized carbons (Fsp3) is 0.400. The largest absolute Gasteiger partial charge is 0.507 e. The molecule has 0 aliphatic carbocycles. The number of aromatic hydroxyl groups is 1. The molecule has 0 saturated carbocycles. The van der Waals surface area contributed by atoms with Gasteiger partial charge in [-0.2, -0.15) is 0 Å². The van der Waals surface area contributed by atoms with E-state index < -0.39 is 0 Å². The summed E-state index contributed by atoms with van der Waals surface area (Å²) in [5.41, 5.74) is 1.83. The minimum Gasteiger partial charge on any atom is -0.507 e. The Kier molecular flexibility index (Phi) is 4.84. The lowest BCUT2D eigenvalue weighted by Gasteiger charge is -2.13. The Bertz CT molecular complexity index is 468. The highest BCUT2D eigenvalue weighted by atomic mass is 16.3. The second-order valence-electron chi connectivity index (χ2n) is 4.54. The van der Waals surface area contributed by atoms with Gasteiger partial charge in [-0.25, -0.2) is 0 Å². The van der Waals surface area contributed by atoms with Gasteiger partial charge in [-0.15, -0.1) is 0 Å². The number of nitrogens with zero attached hydrogens (tertiary/aromatic N) is 2. The Hall–Kier alpha value is -1.97. The van der Waals surface area contributed by atoms with Gasteiger partial charge in [0.1, 0.15) is 5.75 Å². The van der Waals surface area contributed by atoms with E-state index in [0.717, 1.165) is 43.9 Å². The van der Waals surface area contributed by atoms with Gasteiger partial charge in [0.15, 0.2) is 0 Å².